The molecule has 55 heavy (non-hydrogen) atoms. The number of nitrogens with zero attached hydrogens (tertiary/aromatic N) is 2. The molecule has 1 heterocycles. The van der Waals surface area contributed by atoms with E-state index in [2.05, 4.69) is 213 Å². The van der Waals surface area contributed by atoms with Gasteiger partial charge in [0, 0.05) is 33.2 Å². The summed E-state index contributed by atoms with van der Waals surface area (Å²) < 4.78 is 2.39. The average Bonchev–Trinajstić information content (AvgIpc) is 3.66. The van der Waals surface area contributed by atoms with Gasteiger partial charge in [0.15, 0.2) is 0 Å². The van der Waals surface area contributed by atoms with E-state index in [4.69, 9.17) is 0 Å². The standard InChI is InChI=1S/C53H44N2/c1-35-31-43(32-36(2)52(35)39-25-30-51-47(33-39)45-20-12-14-22-50(45)55(51)40-17-9-6-10-18-40)54(41-26-23-38(24-27-41)37-15-7-5-8-16-37)42-28-29-49-46(34-42)44-19-11-13-21-48(44)53(49,3)4/h5-27,29-34,42H,28H2,1-4H3. The highest BCUT2D eigenvalue weighted by molar-refractivity contribution is 6.10. The number of rotatable bonds is 6. The molecule has 1 atom stereocenters. The number of anilines is 2. The average molecular weight is 709 g/mol. The fourth-order valence-corrected chi connectivity index (χ4v) is 9.61. The summed E-state index contributed by atoms with van der Waals surface area (Å²) in [6, 6.07) is 60.3. The maximum atomic E-state index is 2.57. The van der Waals surface area contributed by atoms with Crippen LogP contribution in [-0.4, -0.2) is 10.6 Å². The minimum Gasteiger partial charge on any atom is -0.334 e. The van der Waals surface area contributed by atoms with Crippen LogP contribution in [0, 0.1) is 13.8 Å². The molecule has 10 rings (SSSR count). The zero-order valence-corrected chi connectivity index (χ0v) is 31.9. The zero-order chi connectivity index (χ0) is 37.3. The van der Waals surface area contributed by atoms with Crippen LogP contribution in [0.2, 0.25) is 0 Å². The second-order valence-electron chi connectivity index (χ2n) is 15.8. The highest BCUT2D eigenvalue weighted by atomic mass is 15.2. The van der Waals surface area contributed by atoms with E-state index in [1.807, 2.05) is 0 Å². The zero-order valence-electron chi connectivity index (χ0n) is 31.9. The van der Waals surface area contributed by atoms with Crippen molar-refractivity contribution in [1.82, 2.24) is 4.57 Å². The van der Waals surface area contributed by atoms with Crippen LogP contribution in [0.15, 0.2) is 182 Å². The van der Waals surface area contributed by atoms with Crippen LogP contribution in [-0.2, 0) is 5.41 Å². The van der Waals surface area contributed by atoms with Crippen LogP contribution in [0.25, 0.3) is 55.3 Å². The summed E-state index contributed by atoms with van der Waals surface area (Å²) in [6.45, 7) is 9.32. The summed E-state index contributed by atoms with van der Waals surface area (Å²) in [6.07, 6.45) is 6.00. The van der Waals surface area contributed by atoms with Crippen LogP contribution in [0.3, 0.4) is 0 Å². The summed E-state index contributed by atoms with van der Waals surface area (Å²) >= 11 is 0. The van der Waals surface area contributed by atoms with Gasteiger partial charge in [0.2, 0.25) is 0 Å². The van der Waals surface area contributed by atoms with Crippen molar-refractivity contribution >= 4 is 38.8 Å². The predicted octanol–water partition coefficient (Wildman–Crippen LogP) is 13.9. The molecule has 0 fully saturated rings. The third-order valence-electron chi connectivity index (χ3n) is 12.1. The first-order chi connectivity index (χ1) is 26.9. The molecule has 0 N–H and O–H groups in total. The lowest BCUT2D eigenvalue weighted by molar-refractivity contribution is 0.648. The van der Waals surface area contributed by atoms with E-state index in [1.165, 1.54) is 94.5 Å². The van der Waals surface area contributed by atoms with Crippen molar-refractivity contribution in [2.45, 2.75) is 45.6 Å². The quantitative estimate of drug-likeness (QED) is 0.167. The topological polar surface area (TPSA) is 8.17 Å². The summed E-state index contributed by atoms with van der Waals surface area (Å²) in [5.74, 6) is 0. The SMILES string of the molecule is Cc1cc(N(c2ccc(-c3ccccc3)cc2)C2C=C3C(=CC2)C(C)(C)c2ccccc23)cc(C)c1-c1ccc2c(c1)c1ccccc1n2-c1ccccc1. The van der Waals surface area contributed by atoms with E-state index < -0.39 is 0 Å². The number of benzene rings is 7. The molecular formula is C53H44N2. The van der Waals surface area contributed by atoms with Crippen LogP contribution in [0.1, 0.15) is 42.5 Å². The molecule has 0 saturated carbocycles. The van der Waals surface area contributed by atoms with E-state index in [9.17, 15) is 0 Å². The van der Waals surface area contributed by atoms with Crippen molar-refractivity contribution in [1.29, 1.82) is 0 Å². The molecule has 0 saturated heterocycles. The van der Waals surface area contributed by atoms with Crippen molar-refractivity contribution in [3.63, 3.8) is 0 Å². The Kier molecular flexibility index (Phi) is 7.78. The Morgan fingerprint density at radius 1 is 0.564 bits per heavy atom. The number of aryl methyl sites for hydroxylation is 2. The van der Waals surface area contributed by atoms with E-state index in [0.29, 0.717) is 0 Å². The van der Waals surface area contributed by atoms with Gasteiger partial charge < -0.3 is 9.47 Å². The molecule has 2 nitrogen and oxygen atoms in total. The molecule has 0 amide bonds. The molecule has 266 valence electrons. The fourth-order valence-electron chi connectivity index (χ4n) is 9.61. The smallest absolute Gasteiger partial charge is 0.0566 e. The molecule has 0 bridgehead atoms. The molecule has 2 heteroatoms. The van der Waals surface area contributed by atoms with Gasteiger partial charge in [-0.25, -0.2) is 0 Å². The monoisotopic (exact) mass is 708 g/mol. The Labute approximate surface area is 324 Å². The van der Waals surface area contributed by atoms with E-state index >= 15 is 0 Å². The number of fused-ring (bicyclic) bond motifs is 6. The van der Waals surface area contributed by atoms with Crippen LogP contribution >= 0.6 is 0 Å². The van der Waals surface area contributed by atoms with Gasteiger partial charge >= 0.3 is 0 Å². The molecule has 0 radical (unpaired) electrons. The number of hydrogen-bond acceptors (Lipinski definition) is 1. The van der Waals surface area contributed by atoms with Gasteiger partial charge in [0.1, 0.15) is 0 Å². The van der Waals surface area contributed by atoms with Crippen LogP contribution in [0.4, 0.5) is 11.4 Å². The molecule has 8 aromatic rings. The maximum absolute atomic E-state index is 2.57. The summed E-state index contributed by atoms with van der Waals surface area (Å²) in [4.78, 5) is 2.57. The molecule has 2 aliphatic rings. The first-order valence-corrected chi connectivity index (χ1v) is 19.5. The number of aromatic nitrogens is 1. The summed E-state index contributed by atoms with van der Waals surface area (Å²) in [5.41, 5.74) is 19.3. The number of hydrogen-bond donors (Lipinski definition) is 0. The van der Waals surface area contributed by atoms with Gasteiger partial charge in [-0.15, -0.1) is 0 Å². The molecular weight excluding hydrogens is 665 g/mol. The van der Waals surface area contributed by atoms with Crippen molar-refractivity contribution in [3.8, 4) is 27.9 Å². The summed E-state index contributed by atoms with van der Waals surface area (Å²) in [5, 5.41) is 2.55. The number of para-hydroxylation sites is 2. The molecule has 0 spiro atoms. The predicted molar refractivity (Wildman–Crippen MR) is 234 cm³/mol. The summed E-state index contributed by atoms with van der Waals surface area (Å²) in [7, 11) is 0. The largest absolute Gasteiger partial charge is 0.334 e. The second kappa shape index (κ2) is 12.9. The van der Waals surface area contributed by atoms with Gasteiger partial charge in [-0.2, -0.15) is 0 Å². The normalized spacial score (nSPS) is 15.7. The molecule has 2 aliphatic carbocycles. The van der Waals surface area contributed by atoms with Crippen LogP contribution in [0.5, 0.6) is 0 Å². The number of allylic oxidation sites excluding steroid dienone is 2. The van der Waals surface area contributed by atoms with Crippen molar-refractivity contribution in [2.75, 3.05) is 4.90 Å². The van der Waals surface area contributed by atoms with Crippen molar-refractivity contribution in [3.05, 3.63) is 204 Å². The Balaban J connectivity index is 1.09. The first kappa shape index (κ1) is 33.2. The lowest BCUT2D eigenvalue weighted by atomic mass is 9.79. The Bertz CT molecular complexity index is 2790. The Morgan fingerprint density at radius 3 is 1.95 bits per heavy atom. The molecule has 7 aromatic carbocycles. The molecule has 0 aliphatic heterocycles. The lowest BCUT2D eigenvalue weighted by Crippen LogP contribution is -2.31. The van der Waals surface area contributed by atoms with Crippen molar-refractivity contribution < 1.29 is 0 Å². The fraction of sp³-hybridized carbons (Fsp3) is 0.132. The Morgan fingerprint density at radius 2 is 1.18 bits per heavy atom. The van der Waals surface area contributed by atoms with E-state index in [-0.39, 0.29) is 11.5 Å². The highest BCUT2D eigenvalue weighted by Gasteiger charge is 2.40. The third-order valence-corrected chi connectivity index (χ3v) is 12.1. The van der Waals surface area contributed by atoms with Gasteiger partial charge in [0.25, 0.3) is 0 Å². The van der Waals surface area contributed by atoms with E-state index in [0.717, 1.165) is 6.42 Å². The van der Waals surface area contributed by atoms with Gasteiger partial charge in [-0.3, -0.25) is 0 Å². The van der Waals surface area contributed by atoms with Gasteiger partial charge in [0.05, 0.1) is 17.1 Å². The highest BCUT2D eigenvalue weighted by Crippen LogP contribution is 2.52. The van der Waals surface area contributed by atoms with Crippen LogP contribution < -0.4 is 4.90 Å². The van der Waals surface area contributed by atoms with Crippen molar-refractivity contribution in [2.24, 2.45) is 0 Å². The van der Waals surface area contributed by atoms with E-state index in [1.54, 1.807) is 0 Å². The lowest BCUT2D eigenvalue weighted by Gasteiger charge is -2.36. The third kappa shape index (κ3) is 5.39. The first-order valence-electron chi connectivity index (χ1n) is 19.5. The maximum Gasteiger partial charge on any atom is 0.0566 e. The second-order valence-corrected chi connectivity index (χ2v) is 15.8. The Hall–Kier alpha value is -6.38. The minimum atomic E-state index is -0.00111. The minimum absolute atomic E-state index is 0.00111. The molecule has 1 unspecified atom stereocenters. The molecule has 1 aromatic heterocycles. The van der Waals surface area contributed by atoms with Gasteiger partial charge in [-0.05, 0) is 131 Å². The van der Waals surface area contributed by atoms with Gasteiger partial charge in [-0.1, -0.05) is 135 Å².